The first kappa shape index (κ1) is 21.2. The number of benzene rings is 1. The van der Waals surface area contributed by atoms with Crippen molar-refractivity contribution in [3.05, 3.63) is 35.4 Å². The minimum absolute atomic E-state index is 0.278. The molecule has 0 radical (unpaired) electrons. The first-order valence-electron chi connectivity index (χ1n) is 11.7. The molecule has 1 amide bonds. The van der Waals surface area contributed by atoms with Crippen LogP contribution < -0.4 is 10.6 Å². The van der Waals surface area contributed by atoms with Crippen molar-refractivity contribution in [2.45, 2.75) is 83.1 Å². The monoisotopic (exact) mass is 411 g/mol. The van der Waals surface area contributed by atoms with Crippen LogP contribution in [-0.4, -0.2) is 59.9 Å². The van der Waals surface area contributed by atoms with Gasteiger partial charge in [0.25, 0.3) is 0 Å². The molecule has 1 aromatic carbocycles. The van der Waals surface area contributed by atoms with E-state index in [0.717, 1.165) is 25.5 Å². The Hall–Kier alpha value is -2.08. The fourth-order valence-electron chi connectivity index (χ4n) is 5.34. The molecule has 2 unspecified atom stereocenters. The number of nitrogens with zero attached hydrogens (tertiary/aromatic N) is 3. The molecule has 1 aromatic rings. The second-order valence-corrected chi connectivity index (χ2v) is 9.15. The van der Waals surface area contributed by atoms with Crippen molar-refractivity contribution in [1.82, 2.24) is 20.4 Å². The maximum absolute atomic E-state index is 11.9. The second-order valence-electron chi connectivity index (χ2n) is 9.15. The number of likely N-dealkylation sites (tertiary alicyclic amines) is 1. The van der Waals surface area contributed by atoms with Crippen LogP contribution in [0.4, 0.5) is 0 Å². The Labute approximate surface area is 181 Å². The molecule has 2 N–H and O–H groups in total. The van der Waals surface area contributed by atoms with E-state index in [1.54, 1.807) is 0 Å². The summed E-state index contributed by atoms with van der Waals surface area (Å²) >= 11 is 0. The Kier molecular flexibility index (Phi) is 6.93. The van der Waals surface area contributed by atoms with Gasteiger partial charge in [-0.2, -0.15) is 0 Å². The van der Waals surface area contributed by atoms with Crippen LogP contribution in [0, 0.1) is 0 Å². The molecule has 3 aliphatic rings. The standard InChI is InChI=1S/C24H37N5O/c1-3-25-24(27-20-14-21-9-5-10-22(15-20)28(21)2)26-16-18-7-4-8-19(13-18)17-29-12-6-11-23(29)30/h4,7-8,13,20-22H,3,5-6,9-12,14-17H2,1-2H3,(H2,25,26,27). The fourth-order valence-corrected chi connectivity index (χ4v) is 5.34. The highest BCUT2D eigenvalue weighted by molar-refractivity contribution is 5.80. The maximum Gasteiger partial charge on any atom is 0.222 e. The lowest BCUT2D eigenvalue weighted by Crippen LogP contribution is -2.56. The summed E-state index contributed by atoms with van der Waals surface area (Å²) in [6.45, 7) is 5.23. The van der Waals surface area contributed by atoms with E-state index in [4.69, 9.17) is 4.99 Å². The van der Waals surface area contributed by atoms with Crippen molar-refractivity contribution < 1.29 is 4.79 Å². The number of nitrogens with one attached hydrogen (secondary N) is 2. The third-order valence-electron chi connectivity index (χ3n) is 6.98. The number of hydrogen-bond donors (Lipinski definition) is 2. The lowest BCUT2D eigenvalue weighted by molar-refractivity contribution is -0.128. The van der Waals surface area contributed by atoms with Crippen LogP contribution in [0.1, 0.15) is 63.0 Å². The van der Waals surface area contributed by atoms with E-state index in [-0.39, 0.29) is 5.91 Å². The van der Waals surface area contributed by atoms with Gasteiger partial charge in [-0.3, -0.25) is 4.79 Å². The molecule has 6 nitrogen and oxygen atoms in total. The molecule has 0 aromatic heterocycles. The fraction of sp³-hybridized carbons (Fsp3) is 0.667. The van der Waals surface area contributed by atoms with Crippen LogP contribution >= 0.6 is 0 Å². The molecule has 3 aliphatic heterocycles. The number of piperidine rings is 2. The van der Waals surface area contributed by atoms with E-state index in [2.05, 4.69) is 53.8 Å². The maximum atomic E-state index is 11.9. The Balaban J connectivity index is 1.37. The Morgan fingerprint density at radius 2 is 1.93 bits per heavy atom. The van der Waals surface area contributed by atoms with Gasteiger partial charge in [-0.1, -0.05) is 30.7 Å². The number of fused-ring (bicyclic) bond motifs is 2. The van der Waals surface area contributed by atoms with Crippen molar-refractivity contribution in [3.8, 4) is 0 Å². The largest absolute Gasteiger partial charge is 0.357 e. The molecule has 3 heterocycles. The molecular weight excluding hydrogens is 374 g/mol. The third kappa shape index (κ3) is 5.15. The molecule has 0 aliphatic carbocycles. The summed E-state index contributed by atoms with van der Waals surface area (Å²) in [5.74, 6) is 1.20. The molecule has 0 saturated carbocycles. The van der Waals surface area contributed by atoms with Crippen LogP contribution in [0.2, 0.25) is 0 Å². The van der Waals surface area contributed by atoms with E-state index < -0.39 is 0 Å². The van der Waals surface area contributed by atoms with Gasteiger partial charge in [-0.15, -0.1) is 0 Å². The van der Waals surface area contributed by atoms with Crippen molar-refractivity contribution in [1.29, 1.82) is 0 Å². The quantitative estimate of drug-likeness (QED) is 0.558. The van der Waals surface area contributed by atoms with Crippen LogP contribution in [0.3, 0.4) is 0 Å². The molecule has 2 bridgehead atoms. The Morgan fingerprint density at radius 3 is 2.63 bits per heavy atom. The number of guanidine groups is 1. The smallest absolute Gasteiger partial charge is 0.222 e. The van der Waals surface area contributed by atoms with Crippen LogP contribution in [-0.2, 0) is 17.9 Å². The number of carbonyl (C=O) groups excluding carboxylic acids is 1. The number of hydrogen-bond acceptors (Lipinski definition) is 3. The van der Waals surface area contributed by atoms with Gasteiger partial charge in [0.1, 0.15) is 0 Å². The first-order chi connectivity index (χ1) is 14.6. The van der Waals surface area contributed by atoms with Gasteiger partial charge >= 0.3 is 0 Å². The minimum atomic E-state index is 0.278. The third-order valence-corrected chi connectivity index (χ3v) is 6.98. The highest BCUT2D eigenvalue weighted by Crippen LogP contribution is 2.32. The van der Waals surface area contributed by atoms with E-state index in [9.17, 15) is 4.79 Å². The topological polar surface area (TPSA) is 60.0 Å². The van der Waals surface area contributed by atoms with Crippen molar-refractivity contribution in [2.75, 3.05) is 20.1 Å². The normalized spacial score (nSPS) is 27.4. The van der Waals surface area contributed by atoms with Crippen molar-refractivity contribution >= 4 is 11.9 Å². The summed E-state index contributed by atoms with van der Waals surface area (Å²) in [5, 5.41) is 7.14. The summed E-state index contributed by atoms with van der Waals surface area (Å²) in [6, 6.07) is 10.4. The predicted octanol–water partition coefficient (Wildman–Crippen LogP) is 2.88. The molecule has 3 saturated heterocycles. The SMILES string of the molecule is CCNC(=NCc1cccc(CN2CCCC2=O)c1)NC1CC2CCCC(C1)N2C. The Bertz CT molecular complexity index is 750. The highest BCUT2D eigenvalue weighted by atomic mass is 16.2. The molecule has 4 rings (SSSR count). The number of carbonyl (C=O) groups is 1. The number of aliphatic imine (C=N–C) groups is 1. The predicted molar refractivity (Wildman–Crippen MR) is 121 cm³/mol. The lowest BCUT2D eigenvalue weighted by Gasteiger charge is -2.47. The molecule has 3 fully saturated rings. The highest BCUT2D eigenvalue weighted by Gasteiger charge is 2.36. The van der Waals surface area contributed by atoms with Gasteiger partial charge in [-0.05, 0) is 57.2 Å². The van der Waals surface area contributed by atoms with Crippen LogP contribution in [0.5, 0.6) is 0 Å². The van der Waals surface area contributed by atoms with Crippen LogP contribution in [0.25, 0.3) is 0 Å². The number of rotatable bonds is 6. The summed E-state index contributed by atoms with van der Waals surface area (Å²) in [6.07, 6.45) is 8.11. The van der Waals surface area contributed by atoms with Gasteiger partial charge in [0.2, 0.25) is 5.91 Å². The van der Waals surface area contributed by atoms with Gasteiger partial charge in [0.15, 0.2) is 5.96 Å². The molecule has 30 heavy (non-hydrogen) atoms. The van der Waals surface area contributed by atoms with Gasteiger partial charge < -0.3 is 20.4 Å². The summed E-state index contributed by atoms with van der Waals surface area (Å²) < 4.78 is 0. The molecular formula is C24H37N5O. The van der Waals surface area contributed by atoms with Crippen molar-refractivity contribution in [3.63, 3.8) is 0 Å². The average molecular weight is 412 g/mol. The zero-order chi connectivity index (χ0) is 20.9. The number of amides is 1. The zero-order valence-electron chi connectivity index (χ0n) is 18.6. The van der Waals surface area contributed by atoms with Gasteiger partial charge in [0.05, 0.1) is 6.54 Å². The molecule has 6 heteroatoms. The molecule has 0 spiro atoms. The van der Waals surface area contributed by atoms with E-state index in [1.807, 2.05) is 4.90 Å². The lowest BCUT2D eigenvalue weighted by atomic mass is 9.82. The van der Waals surface area contributed by atoms with E-state index in [1.165, 1.54) is 43.2 Å². The average Bonchev–Trinajstić information content (AvgIpc) is 3.12. The molecule has 164 valence electrons. The minimum Gasteiger partial charge on any atom is -0.357 e. The van der Waals surface area contributed by atoms with Crippen molar-refractivity contribution in [2.24, 2.45) is 4.99 Å². The summed E-state index contributed by atoms with van der Waals surface area (Å²) in [4.78, 5) is 21.4. The van der Waals surface area contributed by atoms with E-state index in [0.29, 0.717) is 37.6 Å². The summed E-state index contributed by atoms with van der Waals surface area (Å²) in [5.41, 5.74) is 2.38. The molecule has 2 atom stereocenters. The summed E-state index contributed by atoms with van der Waals surface area (Å²) in [7, 11) is 2.30. The zero-order valence-corrected chi connectivity index (χ0v) is 18.6. The van der Waals surface area contributed by atoms with Gasteiger partial charge in [-0.25, -0.2) is 4.99 Å². The Morgan fingerprint density at radius 1 is 1.17 bits per heavy atom. The first-order valence-corrected chi connectivity index (χ1v) is 11.7. The van der Waals surface area contributed by atoms with Gasteiger partial charge in [0, 0.05) is 44.2 Å². The van der Waals surface area contributed by atoms with E-state index >= 15 is 0 Å². The van der Waals surface area contributed by atoms with Crippen LogP contribution in [0.15, 0.2) is 29.3 Å². The second kappa shape index (κ2) is 9.82.